The number of thioether (sulfide) groups is 1. The maximum Gasteiger partial charge on any atom is 0.266 e. The zero-order chi connectivity index (χ0) is 23.7. The van der Waals surface area contributed by atoms with Crippen molar-refractivity contribution in [3.8, 4) is 17.2 Å². The lowest BCUT2D eigenvalue weighted by atomic mass is 10.1. The summed E-state index contributed by atoms with van der Waals surface area (Å²) in [6.45, 7) is 2.09. The van der Waals surface area contributed by atoms with Crippen molar-refractivity contribution in [2.24, 2.45) is 0 Å². The van der Waals surface area contributed by atoms with Crippen molar-refractivity contribution in [2.75, 3.05) is 12.5 Å². The van der Waals surface area contributed by atoms with Crippen LogP contribution in [0.4, 0.5) is 0 Å². The van der Waals surface area contributed by atoms with Crippen LogP contribution in [0.15, 0.2) is 76.7 Å². The van der Waals surface area contributed by atoms with Gasteiger partial charge in [-0.05, 0) is 48.9 Å². The Morgan fingerprint density at radius 3 is 2.74 bits per heavy atom. The molecule has 7 nitrogen and oxygen atoms in total. The molecule has 0 saturated carbocycles. The molecule has 34 heavy (non-hydrogen) atoms. The van der Waals surface area contributed by atoms with E-state index in [-0.39, 0.29) is 30.1 Å². The summed E-state index contributed by atoms with van der Waals surface area (Å²) < 4.78 is 12.2. The fraction of sp³-hybridized carbons (Fsp3) is 0.160. The second-order valence-electron chi connectivity index (χ2n) is 7.69. The maximum atomic E-state index is 13.3. The molecule has 1 aliphatic rings. The van der Waals surface area contributed by atoms with E-state index in [0.29, 0.717) is 38.3 Å². The number of fused-ring (bicyclic) bond motifs is 2. The fourth-order valence-corrected chi connectivity index (χ4v) is 4.77. The summed E-state index contributed by atoms with van der Waals surface area (Å²) in [7, 11) is 0. The third kappa shape index (κ3) is 4.34. The largest absolute Gasteiger partial charge is 0.454 e. The molecule has 0 radical (unpaired) electrons. The smallest absolute Gasteiger partial charge is 0.266 e. The van der Waals surface area contributed by atoms with Gasteiger partial charge in [0.05, 0.1) is 33.4 Å². The molecular weight excluding hydrogens is 474 g/mol. The molecule has 172 valence electrons. The van der Waals surface area contributed by atoms with E-state index in [4.69, 9.17) is 21.1 Å². The number of halogens is 1. The van der Waals surface area contributed by atoms with Gasteiger partial charge in [0.1, 0.15) is 0 Å². The normalized spacial score (nSPS) is 13.1. The first-order chi connectivity index (χ1) is 16.5. The van der Waals surface area contributed by atoms with Crippen LogP contribution in [0, 0.1) is 0 Å². The lowest BCUT2D eigenvalue weighted by Gasteiger charge is -2.16. The van der Waals surface area contributed by atoms with Gasteiger partial charge in [-0.3, -0.25) is 14.2 Å². The van der Waals surface area contributed by atoms with Gasteiger partial charge in [0.25, 0.3) is 5.56 Å². The summed E-state index contributed by atoms with van der Waals surface area (Å²) in [5, 5.41) is 4.27. The van der Waals surface area contributed by atoms with Crippen LogP contribution in [-0.2, 0) is 4.79 Å². The monoisotopic (exact) mass is 493 g/mol. The van der Waals surface area contributed by atoms with Gasteiger partial charge in [-0.15, -0.1) is 0 Å². The Hall–Kier alpha value is -3.49. The van der Waals surface area contributed by atoms with Gasteiger partial charge < -0.3 is 14.8 Å². The van der Waals surface area contributed by atoms with Gasteiger partial charge in [-0.1, -0.05) is 53.7 Å². The van der Waals surface area contributed by atoms with Gasteiger partial charge >= 0.3 is 0 Å². The van der Waals surface area contributed by atoms with E-state index in [2.05, 4.69) is 10.3 Å². The molecule has 1 aliphatic heterocycles. The zero-order valence-electron chi connectivity index (χ0n) is 18.2. The summed E-state index contributed by atoms with van der Waals surface area (Å²) in [6.07, 6.45) is 0. The first-order valence-corrected chi connectivity index (χ1v) is 12.0. The van der Waals surface area contributed by atoms with Crippen LogP contribution >= 0.6 is 23.4 Å². The van der Waals surface area contributed by atoms with Crippen molar-refractivity contribution >= 4 is 40.2 Å². The number of para-hydroxylation sites is 2. The number of benzene rings is 3. The van der Waals surface area contributed by atoms with E-state index in [1.165, 1.54) is 16.3 Å². The number of nitrogens with zero attached hydrogens (tertiary/aromatic N) is 2. The van der Waals surface area contributed by atoms with Gasteiger partial charge in [-0.2, -0.15) is 0 Å². The fourth-order valence-electron chi connectivity index (χ4n) is 3.73. The van der Waals surface area contributed by atoms with E-state index in [1.807, 2.05) is 31.2 Å². The quantitative estimate of drug-likeness (QED) is 0.308. The number of aromatic nitrogens is 2. The molecule has 3 aromatic carbocycles. The lowest BCUT2D eigenvalue weighted by molar-refractivity contribution is -0.119. The Morgan fingerprint density at radius 1 is 1.12 bits per heavy atom. The van der Waals surface area contributed by atoms with Crippen LogP contribution in [0.1, 0.15) is 18.5 Å². The standard InChI is InChI=1S/C25H20ClN3O4S/c1-15(16-10-11-21-22(12-16)33-14-32-21)27-23(30)13-34-25-28-19-8-4-2-6-17(19)24(31)29(25)20-9-5-3-7-18(20)26/h2-12,15H,13-14H2,1H3,(H,27,30). The summed E-state index contributed by atoms with van der Waals surface area (Å²) in [6, 6.07) is 19.5. The SMILES string of the molecule is CC(NC(=O)CSc1nc2ccccc2c(=O)n1-c1ccccc1Cl)c1ccc2c(c1)OCO2. The predicted octanol–water partition coefficient (Wildman–Crippen LogP) is 4.74. The van der Waals surface area contributed by atoms with Crippen LogP contribution < -0.4 is 20.3 Å². The van der Waals surface area contributed by atoms with Crippen LogP contribution in [0.25, 0.3) is 16.6 Å². The molecule has 1 atom stereocenters. The minimum Gasteiger partial charge on any atom is -0.454 e. The highest BCUT2D eigenvalue weighted by molar-refractivity contribution is 7.99. The molecule has 5 rings (SSSR count). The third-order valence-electron chi connectivity index (χ3n) is 5.44. The molecule has 1 amide bonds. The van der Waals surface area contributed by atoms with E-state index in [1.54, 1.807) is 42.5 Å². The van der Waals surface area contributed by atoms with Gasteiger partial charge in [-0.25, -0.2) is 4.98 Å². The number of ether oxygens (including phenoxy) is 2. The highest BCUT2D eigenvalue weighted by Crippen LogP contribution is 2.34. The maximum absolute atomic E-state index is 13.3. The van der Waals surface area contributed by atoms with E-state index in [9.17, 15) is 9.59 Å². The van der Waals surface area contributed by atoms with E-state index in [0.717, 1.165) is 5.56 Å². The highest BCUT2D eigenvalue weighted by atomic mass is 35.5. The number of hydrogen-bond donors (Lipinski definition) is 1. The number of hydrogen-bond acceptors (Lipinski definition) is 6. The first-order valence-electron chi connectivity index (χ1n) is 10.6. The second kappa shape index (κ2) is 9.40. The van der Waals surface area contributed by atoms with Crippen molar-refractivity contribution in [1.29, 1.82) is 0 Å². The molecule has 1 unspecified atom stereocenters. The molecule has 4 aromatic rings. The third-order valence-corrected chi connectivity index (χ3v) is 6.70. The number of rotatable bonds is 6. The summed E-state index contributed by atoms with van der Waals surface area (Å²) in [5.41, 5.74) is 1.74. The minimum absolute atomic E-state index is 0.0735. The van der Waals surface area contributed by atoms with Crippen molar-refractivity contribution in [3.63, 3.8) is 0 Å². The number of amides is 1. The first kappa shape index (κ1) is 22.3. The van der Waals surface area contributed by atoms with Crippen LogP contribution in [-0.4, -0.2) is 28.0 Å². The molecule has 0 bridgehead atoms. The molecule has 0 fully saturated rings. The second-order valence-corrected chi connectivity index (χ2v) is 9.04. The van der Waals surface area contributed by atoms with E-state index < -0.39 is 0 Å². The molecule has 2 heterocycles. The Bertz CT molecular complexity index is 1460. The lowest BCUT2D eigenvalue weighted by Crippen LogP contribution is -2.29. The predicted molar refractivity (Wildman–Crippen MR) is 132 cm³/mol. The highest BCUT2D eigenvalue weighted by Gasteiger charge is 2.19. The summed E-state index contributed by atoms with van der Waals surface area (Å²) >= 11 is 7.58. The van der Waals surface area contributed by atoms with Gasteiger partial charge in [0, 0.05) is 0 Å². The van der Waals surface area contributed by atoms with Crippen molar-refractivity contribution in [1.82, 2.24) is 14.9 Å². The number of carbonyl (C=O) groups is 1. The van der Waals surface area contributed by atoms with E-state index >= 15 is 0 Å². The molecule has 1 aromatic heterocycles. The Kier molecular flexibility index (Phi) is 6.17. The Balaban J connectivity index is 1.39. The molecule has 0 spiro atoms. The topological polar surface area (TPSA) is 82.5 Å². The Morgan fingerprint density at radius 2 is 1.88 bits per heavy atom. The van der Waals surface area contributed by atoms with Gasteiger partial charge in [0.15, 0.2) is 16.7 Å². The van der Waals surface area contributed by atoms with Crippen LogP contribution in [0.3, 0.4) is 0 Å². The summed E-state index contributed by atoms with van der Waals surface area (Å²) in [4.78, 5) is 30.8. The minimum atomic E-state index is -0.240. The molecule has 0 aliphatic carbocycles. The molecule has 9 heteroatoms. The zero-order valence-corrected chi connectivity index (χ0v) is 19.7. The van der Waals surface area contributed by atoms with Crippen LogP contribution in [0.5, 0.6) is 11.5 Å². The molecular formula is C25H20ClN3O4S. The van der Waals surface area contributed by atoms with Crippen molar-refractivity contribution < 1.29 is 14.3 Å². The average Bonchev–Trinajstić information content (AvgIpc) is 3.32. The number of carbonyl (C=O) groups excluding carboxylic acids is 1. The van der Waals surface area contributed by atoms with Crippen molar-refractivity contribution in [2.45, 2.75) is 18.1 Å². The Labute approximate surface area is 204 Å². The molecule has 1 N–H and O–H groups in total. The number of nitrogens with one attached hydrogen (secondary N) is 1. The average molecular weight is 494 g/mol. The van der Waals surface area contributed by atoms with Gasteiger partial charge in [0.2, 0.25) is 12.7 Å². The summed E-state index contributed by atoms with van der Waals surface area (Å²) in [5.74, 6) is 1.24. The van der Waals surface area contributed by atoms with Crippen molar-refractivity contribution in [3.05, 3.63) is 87.7 Å². The van der Waals surface area contributed by atoms with Crippen LogP contribution in [0.2, 0.25) is 5.02 Å². The molecule has 0 saturated heterocycles.